The maximum atomic E-state index is 11.6. The van der Waals surface area contributed by atoms with Crippen LogP contribution in [-0.2, 0) is 11.2 Å². The number of aromatic amines is 1. The number of hydrogen-bond donors (Lipinski definition) is 2. The second-order valence-corrected chi connectivity index (χ2v) is 4.54. The monoisotopic (exact) mass is 268 g/mol. The van der Waals surface area contributed by atoms with E-state index in [1.165, 1.54) is 0 Å². The maximum absolute atomic E-state index is 11.6. The highest BCUT2D eigenvalue weighted by Gasteiger charge is 2.23. The molecule has 3 rings (SSSR count). The van der Waals surface area contributed by atoms with Crippen LogP contribution in [-0.4, -0.2) is 22.0 Å². The van der Waals surface area contributed by atoms with E-state index in [1.807, 2.05) is 24.3 Å². The van der Waals surface area contributed by atoms with Crippen molar-refractivity contribution in [2.45, 2.75) is 19.4 Å². The number of hydrogen-bond acceptors (Lipinski definition) is 4. The lowest BCUT2D eigenvalue weighted by molar-refractivity contribution is -0.122. The van der Waals surface area contributed by atoms with Crippen molar-refractivity contribution < 1.29 is 9.53 Å². The highest BCUT2D eigenvalue weighted by molar-refractivity contribution is 5.98. The Hall–Kier alpha value is -2.81. The summed E-state index contributed by atoms with van der Waals surface area (Å²) >= 11 is 0. The number of ether oxygens (including phenoxy) is 1. The van der Waals surface area contributed by atoms with E-state index in [2.05, 4.69) is 15.3 Å². The lowest BCUT2D eigenvalue weighted by Crippen LogP contribution is -2.34. The number of carbonyl (C=O) groups excluding carboxylic acids is 1. The molecule has 1 aromatic carbocycles. The summed E-state index contributed by atoms with van der Waals surface area (Å²) < 4.78 is 5.50. The van der Waals surface area contributed by atoms with Gasteiger partial charge in [-0.15, -0.1) is 0 Å². The predicted octanol–water partition coefficient (Wildman–Crippen LogP) is 1.86. The van der Waals surface area contributed by atoms with Gasteiger partial charge in [0.2, 0.25) is 0 Å². The normalized spacial score (nSPS) is 16.8. The Bertz CT molecular complexity index is 714. The van der Waals surface area contributed by atoms with E-state index in [0.29, 0.717) is 17.3 Å². The fourth-order valence-electron chi connectivity index (χ4n) is 2.05. The molecule has 0 saturated heterocycles. The van der Waals surface area contributed by atoms with Crippen molar-refractivity contribution in [3.05, 3.63) is 30.2 Å². The number of rotatable bonds is 2. The zero-order valence-electron chi connectivity index (χ0n) is 10.8. The second kappa shape index (κ2) is 4.70. The highest BCUT2D eigenvalue weighted by Crippen LogP contribution is 2.33. The number of imidazole rings is 1. The molecule has 2 heterocycles. The van der Waals surface area contributed by atoms with Crippen LogP contribution in [0.2, 0.25) is 0 Å². The van der Waals surface area contributed by atoms with Crippen LogP contribution in [0, 0.1) is 11.3 Å². The summed E-state index contributed by atoms with van der Waals surface area (Å²) in [6.45, 7) is 1.70. The van der Waals surface area contributed by atoms with Gasteiger partial charge in [-0.1, -0.05) is 0 Å². The summed E-state index contributed by atoms with van der Waals surface area (Å²) in [5, 5.41) is 11.4. The second-order valence-electron chi connectivity index (χ2n) is 4.54. The Morgan fingerprint density at radius 3 is 3.15 bits per heavy atom. The molecule has 1 unspecified atom stereocenters. The first-order valence-electron chi connectivity index (χ1n) is 6.20. The number of H-pyrrole nitrogens is 1. The molecule has 1 aromatic heterocycles. The van der Waals surface area contributed by atoms with E-state index in [1.54, 1.807) is 13.1 Å². The first-order valence-corrected chi connectivity index (χ1v) is 6.20. The number of carbonyl (C=O) groups is 1. The van der Waals surface area contributed by atoms with Gasteiger partial charge in [-0.3, -0.25) is 4.79 Å². The zero-order valence-corrected chi connectivity index (χ0v) is 10.8. The Balaban J connectivity index is 1.94. The molecular formula is C14H12N4O2. The minimum atomic E-state index is -0.484. The van der Waals surface area contributed by atoms with Crippen molar-refractivity contribution in [2.24, 2.45) is 0 Å². The number of amides is 1. The van der Waals surface area contributed by atoms with E-state index in [9.17, 15) is 4.79 Å². The first kappa shape index (κ1) is 12.2. The largest absolute Gasteiger partial charge is 0.479 e. The van der Waals surface area contributed by atoms with Gasteiger partial charge in [-0.25, -0.2) is 4.98 Å². The molecule has 1 amide bonds. The number of nitrogens with zero attached hydrogens (tertiary/aromatic N) is 2. The predicted molar refractivity (Wildman–Crippen MR) is 72.1 cm³/mol. The molecule has 0 radical (unpaired) electrons. The van der Waals surface area contributed by atoms with Crippen LogP contribution in [0.15, 0.2) is 24.4 Å². The maximum Gasteiger partial charge on any atom is 0.265 e. The van der Waals surface area contributed by atoms with Gasteiger partial charge in [0, 0.05) is 5.56 Å². The average Bonchev–Trinajstić information content (AvgIpc) is 2.89. The van der Waals surface area contributed by atoms with Gasteiger partial charge in [0.15, 0.2) is 6.10 Å². The van der Waals surface area contributed by atoms with Crippen LogP contribution >= 0.6 is 0 Å². The molecule has 1 aliphatic heterocycles. The van der Waals surface area contributed by atoms with Crippen LogP contribution < -0.4 is 10.1 Å². The van der Waals surface area contributed by atoms with Crippen molar-refractivity contribution >= 4 is 11.6 Å². The van der Waals surface area contributed by atoms with Gasteiger partial charge in [0.1, 0.15) is 11.6 Å². The first-order chi connectivity index (χ1) is 9.67. The standard InChI is InChI=1S/C14H12N4O2/c1-8-14(19)18-10-6-9(2-3-12(10)20-8)11-7-16-13(17-11)4-5-15/h2-3,6-8H,4H2,1H3,(H,16,17)(H,18,19). The molecule has 0 fully saturated rings. The summed E-state index contributed by atoms with van der Waals surface area (Å²) in [6, 6.07) is 7.55. The molecular weight excluding hydrogens is 256 g/mol. The number of aromatic nitrogens is 2. The van der Waals surface area contributed by atoms with Gasteiger partial charge in [0.25, 0.3) is 5.91 Å². The molecule has 20 heavy (non-hydrogen) atoms. The number of fused-ring (bicyclic) bond motifs is 1. The molecule has 6 nitrogen and oxygen atoms in total. The highest BCUT2D eigenvalue weighted by atomic mass is 16.5. The molecule has 0 bridgehead atoms. The van der Waals surface area contributed by atoms with Gasteiger partial charge in [-0.2, -0.15) is 5.26 Å². The smallest absolute Gasteiger partial charge is 0.265 e. The molecule has 1 aliphatic rings. The lowest BCUT2D eigenvalue weighted by atomic mass is 10.1. The SMILES string of the molecule is CC1Oc2ccc(-c3cnc(CC#N)[nH]3)cc2NC1=O. The van der Waals surface area contributed by atoms with Gasteiger partial charge in [0.05, 0.1) is 30.1 Å². The Labute approximate surface area is 115 Å². The molecule has 0 spiro atoms. The van der Waals surface area contributed by atoms with E-state index in [0.717, 1.165) is 11.3 Å². The molecule has 0 aliphatic carbocycles. The lowest BCUT2D eigenvalue weighted by Gasteiger charge is -2.23. The molecule has 1 atom stereocenters. The van der Waals surface area contributed by atoms with Gasteiger partial charge in [-0.05, 0) is 25.1 Å². The fourth-order valence-corrected chi connectivity index (χ4v) is 2.05. The molecule has 2 N–H and O–H groups in total. The third-order valence-corrected chi connectivity index (χ3v) is 3.10. The molecule has 6 heteroatoms. The van der Waals surface area contributed by atoms with Crippen LogP contribution in [0.5, 0.6) is 5.75 Å². The van der Waals surface area contributed by atoms with Crippen LogP contribution in [0.3, 0.4) is 0 Å². The summed E-state index contributed by atoms with van der Waals surface area (Å²) in [5.74, 6) is 1.11. The Kier molecular flexibility index (Phi) is 2.88. The quantitative estimate of drug-likeness (QED) is 0.869. The summed E-state index contributed by atoms with van der Waals surface area (Å²) in [5.41, 5.74) is 2.31. The summed E-state index contributed by atoms with van der Waals surface area (Å²) in [6.07, 6.45) is 1.42. The van der Waals surface area contributed by atoms with Crippen molar-refractivity contribution in [3.8, 4) is 23.1 Å². The van der Waals surface area contributed by atoms with Crippen LogP contribution in [0.4, 0.5) is 5.69 Å². The van der Waals surface area contributed by atoms with Crippen molar-refractivity contribution in [1.82, 2.24) is 9.97 Å². The van der Waals surface area contributed by atoms with Gasteiger partial charge < -0.3 is 15.0 Å². The summed E-state index contributed by atoms with van der Waals surface area (Å²) in [7, 11) is 0. The average molecular weight is 268 g/mol. The number of anilines is 1. The number of nitrogens with one attached hydrogen (secondary N) is 2. The zero-order chi connectivity index (χ0) is 14.1. The molecule has 2 aromatic rings. The van der Waals surface area contributed by atoms with E-state index in [-0.39, 0.29) is 12.3 Å². The van der Waals surface area contributed by atoms with E-state index >= 15 is 0 Å². The number of nitriles is 1. The fraction of sp³-hybridized carbons (Fsp3) is 0.214. The Morgan fingerprint density at radius 2 is 2.35 bits per heavy atom. The molecule has 0 saturated carbocycles. The van der Waals surface area contributed by atoms with E-state index < -0.39 is 6.10 Å². The van der Waals surface area contributed by atoms with Crippen LogP contribution in [0.25, 0.3) is 11.3 Å². The summed E-state index contributed by atoms with van der Waals surface area (Å²) in [4.78, 5) is 18.8. The third-order valence-electron chi connectivity index (χ3n) is 3.10. The number of benzene rings is 1. The Morgan fingerprint density at radius 1 is 1.50 bits per heavy atom. The van der Waals surface area contributed by atoms with Gasteiger partial charge >= 0.3 is 0 Å². The van der Waals surface area contributed by atoms with E-state index in [4.69, 9.17) is 10.00 Å². The van der Waals surface area contributed by atoms with Crippen LogP contribution in [0.1, 0.15) is 12.7 Å². The minimum Gasteiger partial charge on any atom is -0.479 e. The third kappa shape index (κ3) is 2.10. The molecule has 100 valence electrons. The van der Waals surface area contributed by atoms with Crippen molar-refractivity contribution in [2.75, 3.05) is 5.32 Å². The van der Waals surface area contributed by atoms with Crippen molar-refractivity contribution in [3.63, 3.8) is 0 Å². The van der Waals surface area contributed by atoms with Crippen molar-refractivity contribution in [1.29, 1.82) is 5.26 Å². The topological polar surface area (TPSA) is 90.8 Å². The minimum absolute atomic E-state index is 0.163.